The van der Waals surface area contributed by atoms with Crippen LogP contribution >= 0.6 is 0 Å². The zero-order valence-electron chi connectivity index (χ0n) is 12.6. The molecule has 0 spiro atoms. The van der Waals surface area contributed by atoms with Crippen molar-refractivity contribution in [2.24, 2.45) is 0 Å². The molecule has 0 aromatic heterocycles. The van der Waals surface area contributed by atoms with E-state index in [4.69, 9.17) is 4.74 Å². The van der Waals surface area contributed by atoms with Gasteiger partial charge >= 0.3 is 0 Å². The summed E-state index contributed by atoms with van der Waals surface area (Å²) < 4.78 is 5.32. The molecule has 0 unspecified atom stereocenters. The number of aryl methyl sites for hydroxylation is 1. The van der Waals surface area contributed by atoms with Crippen molar-refractivity contribution in [3.63, 3.8) is 0 Å². The van der Waals surface area contributed by atoms with Crippen LogP contribution < -0.4 is 10.1 Å². The lowest BCUT2D eigenvalue weighted by molar-refractivity contribution is 0.414. The van der Waals surface area contributed by atoms with E-state index in [-0.39, 0.29) is 0 Å². The molecule has 1 N–H and O–H groups in total. The Kier molecular flexibility index (Phi) is 5.19. The Balaban J connectivity index is 2.35. The maximum Gasteiger partial charge on any atom is 0.119 e. The third kappa shape index (κ3) is 3.40. The smallest absolute Gasteiger partial charge is 0.119 e. The summed E-state index contributed by atoms with van der Waals surface area (Å²) in [4.78, 5) is 0. The molecule has 2 rings (SSSR count). The molecule has 0 heterocycles. The van der Waals surface area contributed by atoms with E-state index in [9.17, 15) is 0 Å². The fourth-order valence-electron chi connectivity index (χ4n) is 2.46. The molecule has 0 aliphatic carbocycles. The van der Waals surface area contributed by atoms with Gasteiger partial charge in [0.05, 0.1) is 7.11 Å². The van der Waals surface area contributed by atoms with Crippen molar-refractivity contribution >= 4 is 0 Å². The van der Waals surface area contributed by atoms with E-state index < -0.39 is 0 Å². The van der Waals surface area contributed by atoms with Crippen molar-refractivity contribution in [3.05, 3.63) is 53.6 Å². The molecule has 2 aromatic rings. The SMILES string of the molecule is CCCc1ccc(-c2ccc(OC)cc2CNC)cc1. The van der Waals surface area contributed by atoms with Crippen LogP contribution in [0, 0.1) is 0 Å². The van der Waals surface area contributed by atoms with Crippen LogP contribution in [0.1, 0.15) is 24.5 Å². The Morgan fingerprint density at radius 1 is 1.05 bits per heavy atom. The van der Waals surface area contributed by atoms with Crippen LogP contribution in [0.2, 0.25) is 0 Å². The summed E-state index contributed by atoms with van der Waals surface area (Å²) in [6.45, 7) is 3.05. The first-order chi connectivity index (χ1) is 9.78. The van der Waals surface area contributed by atoms with Crippen molar-refractivity contribution in [1.82, 2.24) is 5.32 Å². The fraction of sp³-hybridized carbons (Fsp3) is 0.333. The molecule has 2 heteroatoms. The van der Waals surface area contributed by atoms with Gasteiger partial charge in [-0.2, -0.15) is 0 Å². The van der Waals surface area contributed by atoms with Gasteiger partial charge in [0.25, 0.3) is 0 Å². The predicted octanol–water partition coefficient (Wildman–Crippen LogP) is 4.03. The molecule has 0 radical (unpaired) electrons. The highest BCUT2D eigenvalue weighted by Gasteiger charge is 2.06. The minimum atomic E-state index is 0.837. The number of hydrogen-bond donors (Lipinski definition) is 1. The fourth-order valence-corrected chi connectivity index (χ4v) is 2.46. The number of hydrogen-bond acceptors (Lipinski definition) is 2. The summed E-state index contributed by atoms with van der Waals surface area (Å²) in [5.74, 6) is 0.904. The van der Waals surface area contributed by atoms with Crippen LogP contribution in [0.15, 0.2) is 42.5 Å². The number of ether oxygens (including phenoxy) is 1. The summed E-state index contributed by atoms with van der Waals surface area (Å²) in [7, 11) is 3.67. The lowest BCUT2D eigenvalue weighted by Gasteiger charge is -2.12. The summed E-state index contributed by atoms with van der Waals surface area (Å²) >= 11 is 0. The molecule has 2 aromatic carbocycles. The molecule has 0 saturated heterocycles. The second-order valence-corrected chi connectivity index (χ2v) is 5.00. The molecule has 20 heavy (non-hydrogen) atoms. The molecule has 0 fully saturated rings. The molecule has 0 bridgehead atoms. The second kappa shape index (κ2) is 7.11. The normalized spacial score (nSPS) is 10.6. The van der Waals surface area contributed by atoms with Gasteiger partial charge in [-0.05, 0) is 47.9 Å². The van der Waals surface area contributed by atoms with Gasteiger partial charge in [0.1, 0.15) is 5.75 Å². The van der Waals surface area contributed by atoms with Crippen molar-refractivity contribution in [2.45, 2.75) is 26.3 Å². The first-order valence-corrected chi connectivity index (χ1v) is 7.19. The summed E-state index contributed by atoms with van der Waals surface area (Å²) in [6, 6.07) is 15.1. The van der Waals surface area contributed by atoms with Crippen molar-refractivity contribution in [2.75, 3.05) is 14.2 Å². The molecule has 106 valence electrons. The lowest BCUT2D eigenvalue weighted by atomic mass is 9.97. The topological polar surface area (TPSA) is 21.3 Å². The third-order valence-corrected chi connectivity index (χ3v) is 3.48. The van der Waals surface area contributed by atoms with Gasteiger partial charge < -0.3 is 10.1 Å². The highest BCUT2D eigenvalue weighted by molar-refractivity contribution is 5.68. The van der Waals surface area contributed by atoms with Gasteiger partial charge in [0, 0.05) is 6.54 Å². The van der Waals surface area contributed by atoms with Gasteiger partial charge in [-0.3, -0.25) is 0 Å². The Bertz CT molecular complexity index is 546. The van der Waals surface area contributed by atoms with E-state index in [0.717, 1.165) is 18.7 Å². The van der Waals surface area contributed by atoms with Crippen LogP contribution in [0.3, 0.4) is 0 Å². The van der Waals surface area contributed by atoms with Crippen molar-refractivity contribution in [3.8, 4) is 16.9 Å². The molecule has 0 aliphatic heterocycles. The second-order valence-electron chi connectivity index (χ2n) is 5.00. The average Bonchev–Trinajstić information content (AvgIpc) is 2.49. The highest BCUT2D eigenvalue weighted by Crippen LogP contribution is 2.28. The van der Waals surface area contributed by atoms with Crippen LogP contribution in [0.25, 0.3) is 11.1 Å². The number of nitrogens with one attached hydrogen (secondary N) is 1. The van der Waals surface area contributed by atoms with E-state index in [1.165, 1.54) is 28.7 Å². The van der Waals surface area contributed by atoms with Crippen LogP contribution in [-0.4, -0.2) is 14.2 Å². The van der Waals surface area contributed by atoms with E-state index in [1.54, 1.807) is 7.11 Å². The first kappa shape index (κ1) is 14.6. The molecule has 2 nitrogen and oxygen atoms in total. The van der Waals surface area contributed by atoms with E-state index in [0.29, 0.717) is 0 Å². The van der Waals surface area contributed by atoms with Gasteiger partial charge in [-0.25, -0.2) is 0 Å². The van der Waals surface area contributed by atoms with E-state index in [2.05, 4.69) is 48.6 Å². The standard InChI is InChI=1S/C18H23NO/c1-4-5-14-6-8-15(9-7-14)18-11-10-17(20-3)12-16(18)13-19-2/h6-12,19H,4-5,13H2,1-3H3. The minimum Gasteiger partial charge on any atom is -0.497 e. The monoisotopic (exact) mass is 269 g/mol. The molecular weight excluding hydrogens is 246 g/mol. The maximum atomic E-state index is 5.32. The predicted molar refractivity (Wildman–Crippen MR) is 85.2 cm³/mol. The Morgan fingerprint density at radius 2 is 1.80 bits per heavy atom. The Labute approximate surface area is 121 Å². The Morgan fingerprint density at radius 3 is 2.40 bits per heavy atom. The van der Waals surface area contributed by atoms with Gasteiger partial charge in [0.2, 0.25) is 0 Å². The number of benzene rings is 2. The minimum absolute atomic E-state index is 0.837. The molecule has 0 amide bonds. The summed E-state index contributed by atoms with van der Waals surface area (Å²) in [5.41, 5.74) is 5.19. The zero-order chi connectivity index (χ0) is 14.4. The third-order valence-electron chi connectivity index (χ3n) is 3.48. The lowest BCUT2D eigenvalue weighted by Crippen LogP contribution is -2.06. The van der Waals surface area contributed by atoms with Crippen molar-refractivity contribution < 1.29 is 4.74 Å². The van der Waals surface area contributed by atoms with Gasteiger partial charge in [-0.1, -0.05) is 43.7 Å². The largest absolute Gasteiger partial charge is 0.497 e. The average molecular weight is 269 g/mol. The van der Waals surface area contributed by atoms with E-state index >= 15 is 0 Å². The highest BCUT2D eigenvalue weighted by atomic mass is 16.5. The summed E-state index contributed by atoms with van der Waals surface area (Å²) in [6.07, 6.45) is 2.33. The first-order valence-electron chi connectivity index (χ1n) is 7.19. The van der Waals surface area contributed by atoms with Crippen LogP contribution in [0.4, 0.5) is 0 Å². The number of rotatable bonds is 6. The molecule has 0 aliphatic rings. The zero-order valence-corrected chi connectivity index (χ0v) is 12.6. The number of methoxy groups -OCH3 is 1. The Hall–Kier alpha value is -1.80. The maximum absolute atomic E-state index is 5.32. The molecule has 0 saturated carbocycles. The quantitative estimate of drug-likeness (QED) is 0.854. The summed E-state index contributed by atoms with van der Waals surface area (Å²) in [5, 5.41) is 3.22. The van der Waals surface area contributed by atoms with Gasteiger partial charge in [0.15, 0.2) is 0 Å². The molecule has 0 atom stereocenters. The van der Waals surface area contributed by atoms with Crippen LogP contribution in [0.5, 0.6) is 5.75 Å². The van der Waals surface area contributed by atoms with Gasteiger partial charge in [-0.15, -0.1) is 0 Å². The van der Waals surface area contributed by atoms with Crippen molar-refractivity contribution in [1.29, 1.82) is 0 Å². The van der Waals surface area contributed by atoms with Crippen LogP contribution in [-0.2, 0) is 13.0 Å². The van der Waals surface area contributed by atoms with E-state index in [1.807, 2.05) is 13.1 Å². The molecular formula is C18H23NO.